The normalized spacial score (nSPS) is 19.5. The molecule has 0 spiro atoms. The van der Waals surface area contributed by atoms with Gasteiger partial charge in [0.25, 0.3) is 0 Å². The van der Waals surface area contributed by atoms with Gasteiger partial charge in [-0.1, -0.05) is 5.21 Å². The number of nitrogens with one attached hydrogen (secondary N) is 1. The number of aryl methyl sites for hydroxylation is 1. The third-order valence-electron chi connectivity index (χ3n) is 2.58. The molecule has 0 radical (unpaired) electrons. The van der Waals surface area contributed by atoms with Gasteiger partial charge in [0.2, 0.25) is 0 Å². The van der Waals surface area contributed by atoms with Crippen molar-refractivity contribution in [3.63, 3.8) is 0 Å². The summed E-state index contributed by atoms with van der Waals surface area (Å²) in [6, 6.07) is 0. The summed E-state index contributed by atoms with van der Waals surface area (Å²) in [5.74, 6) is 0.388. The molecular weight excluding hydrogens is 216 g/mol. The van der Waals surface area contributed by atoms with Gasteiger partial charge in [0.15, 0.2) is 0 Å². The first-order valence-electron chi connectivity index (χ1n) is 4.98. The maximum Gasteiger partial charge on any atom is 0.100 e. The molecule has 1 unspecified atom stereocenters. The average Bonchev–Trinajstić information content (AvgIpc) is 2.62. The standard InChI is InChI=1S/C9H16N4O.ClH/c1-3-13-9-7(6-14-2)4-10-5-8(9)11-12-13;/h7,10H,3-6H2,1-2H3;1H. The molecule has 1 aliphatic heterocycles. The Morgan fingerprint density at radius 2 is 2.40 bits per heavy atom. The predicted molar refractivity (Wildman–Crippen MR) is 59.3 cm³/mol. The number of halogens is 1. The van der Waals surface area contributed by atoms with Crippen LogP contribution in [0.5, 0.6) is 0 Å². The average molecular weight is 233 g/mol. The minimum Gasteiger partial charge on any atom is -0.384 e. The van der Waals surface area contributed by atoms with Gasteiger partial charge in [0.05, 0.1) is 12.3 Å². The number of rotatable bonds is 3. The van der Waals surface area contributed by atoms with Crippen LogP contribution in [0.2, 0.25) is 0 Å². The van der Waals surface area contributed by atoms with Gasteiger partial charge in [0.1, 0.15) is 5.69 Å². The van der Waals surface area contributed by atoms with Gasteiger partial charge in [-0.05, 0) is 6.92 Å². The summed E-state index contributed by atoms with van der Waals surface area (Å²) in [6.07, 6.45) is 0. The van der Waals surface area contributed by atoms with E-state index in [1.807, 2.05) is 4.68 Å². The Morgan fingerprint density at radius 3 is 3.07 bits per heavy atom. The van der Waals surface area contributed by atoms with Gasteiger partial charge in [0, 0.05) is 32.7 Å². The number of ether oxygens (including phenoxy) is 1. The van der Waals surface area contributed by atoms with Crippen LogP contribution in [0.25, 0.3) is 0 Å². The Kier molecular flexibility index (Phi) is 4.50. The van der Waals surface area contributed by atoms with E-state index in [1.165, 1.54) is 5.69 Å². The van der Waals surface area contributed by atoms with E-state index < -0.39 is 0 Å². The first kappa shape index (κ1) is 12.4. The zero-order chi connectivity index (χ0) is 9.97. The highest BCUT2D eigenvalue weighted by molar-refractivity contribution is 5.85. The van der Waals surface area contributed by atoms with Crippen LogP contribution in [-0.4, -0.2) is 35.3 Å². The molecule has 6 heteroatoms. The second kappa shape index (κ2) is 5.44. The smallest absolute Gasteiger partial charge is 0.100 e. The van der Waals surface area contributed by atoms with Gasteiger partial charge in [-0.15, -0.1) is 17.5 Å². The van der Waals surface area contributed by atoms with Crippen molar-refractivity contribution < 1.29 is 4.74 Å². The van der Waals surface area contributed by atoms with Crippen LogP contribution < -0.4 is 5.32 Å². The molecule has 1 aliphatic rings. The van der Waals surface area contributed by atoms with Crippen LogP contribution in [0.3, 0.4) is 0 Å². The summed E-state index contributed by atoms with van der Waals surface area (Å²) in [6.45, 7) is 5.47. The number of fused-ring (bicyclic) bond motifs is 1. The number of aromatic nitrogens is 3. The molecule has 0 fully saturated rings. The van der Waals surface area contributed by atoms with Crippen molar-refractivity contribution >= 4 is 12.4 Å². The molecule has 2 rings (SSSR count). The summed E-state index contributed by atoms with van der Waals surface area (Å²) in [4.78, 5) is 0. The Balaban J connectivity index is 0.00000112. The lowest BCUT2D eigenvalue weighted by molar-refractivity contribution is 0.171. The minimum absolute atomic E-state index is 0. The Morgan fingerprint density at radius 1 is 1.60 bits per heavy atom. The van der Waals surface area contributed by atoms with Crippen LogP contribution in [0.1, 0.15) is 24.2 Å². The third-order valence-corrected chi connectivity index (χ3v) is 2.58. The maximum absolute atomic E-state index is 5.20. The minimum atomic E-state index is 0. The van der Waals surface area contributed by atoms with Gasteiger partial charge in [-0.2, -0.15) is 0 Å². The lowest BCUT2D eigenvalue weighted by Gasteiger charge is -2.22. The Hall–Kier alpha value is -0.650. The van der Waals surface area contributed by atoms with Gasteiger partial charge in [-0.3, -0.25) is 0 Å². The van der Waals surface area contributed by atoms with E-state index in [4.69, 9.17) is 4.74 Å². The largest absolute Gasteiger partial charge is 0.384 e. The van der Waals surface area contributed by atoms with Crippen molar-refractivity contribution in [1.29, 1.82) is 0 Å². The lowest BCUT2D eigenvalue weighted by atomic mass is 10.0. The zero-order valence-corrected chi connectivity index (χ0v) is 9.88. The van der Waals surface area contributed by atoms with Crippen molar-refractivity contribution in [2.75, 3.05) is 20.3 Å². The molecule has 0 saturated heterocycles. The Labute approximate surface area is 95.6 Å². The van der Waals surface area contributed by atoms with Gasteiger partial charge in [-0.25, -0.2) is 4.68 Å². The van der Waals surface area contributed by atoms with E-state index in [0.29, 0.717) is 5.92 Å². The van der Waals surface area contributed by atoms with E-state index in [0.717, 1.165) is 31.9 Å². The highest BCUT2D eigenvalue weighted by atomic mass is 35.5. The molecule has 1 aromatic heterocycles. The van der Waals surface area contributed by atoms with E-state index in [9.17, 15) is 0 Å². The zero-order valence-electron chi connectivity index (χ0n) is 9.06. The molecular formula is C9H17ClN4O. The number of nitrogens with zero attached hydrogens (tertiary/aromatic N) is 3. The molecule has 0 aliphatic carbocycles. The first-order valence-corrected chi connectivity index (χ1v) is 4.98. The summed E-state index contributed by atoms with van der Waals surface area (Å²) < 4.78 is 7.17. The van der Waals surface area contributed by atoms with E-state index in [-0.39, 0.29) is 12.4 Å². The monoisotopic (exact) mass is 232 g/mol. The fraction of sp³-hybridized carbons (Fsp3) is 0.778. The highest BCUT2D eigenvalue weighted by Crippen LogP contribution is 2.22. The molecule has 0 amide bonds. The van der Waals surface area contributed by atoms with Crippen LogP contribution in [0, 0.1) is 0 Å². The first-order chi connectivity index (χ1) is 6.86. The van der Waals surface area contributed by atoms with Gasteiger partial charge >= 0.3 is 0 Å². The maximum atomic E-state index is 5.20. The van der Waals surface area contributed by atoms with E-state index in [1.54, 1.807) is 7.11 Å². The fourth-order valence-corrected chi connectivity index (χ4v) is 1.96. The van der Waals surface area contributed by atoms with Crippen molar-refractivity contribution in [2.45, 2.75) is 25.9 Å². The predicted octanol–water partition coefficient (Wildman–Crippen LogP) is 0.553. The number of methoxy groups -OCH3 is 1. The molecule has 1 atom stereocenters. The summed E-state index contributed by atoms with van der Waals surface area (Å²) in [5, 5.41) is 11.6. The molecule has 0 saturated carbocycles. The molecule has 0 aromatic carbocycles. The topological polar surface area (TPSA) is 52.0 Å². The fourth-order valence-electron chi connectivity index (χ4n) is 1.96. The van der Waals surface area contributed by atoms with Crippen LogP contribution in [-0.2, 0) is 17.8 Å². The number of hydrogen-bond donors (Lipinski definition) is 1. The van der Waals surface area contributed by atoms with Crippen LogP contribution in [0.4, 0.5) is 0 Å². The molecule has 2 heterocycles. The second-order valence-corrected chi connectivity index (χ2v) is 3.52. The molecule has 1 N–H and O–H groups in total. The molecule has 15 heavy (non-hydrogen) atoms. The number of hydrogen-bond acceptors (Lipinski definition) is 4. The molecule has 1 aromatic rings. The van der Waals surface area contributed by atoms with E-state index >= 15 is 0 Å². The van der Waals surface area contributed by atoms with Crippen LogP contribution >= 0.6 is 12.4 Å². The Bertz CT molecular complexity index is 302. The highest BCUT2D eigenvalue weighted by Gasteiger charge is 2.25. The summed E-state index contributed by atoms with van der Waals surface area (Å²) in [7, 11) is 1.73. The molecule has 0 bridgehead atoms. The van der Waals surface area contributed by atoms with E-state index in [2.05, 4.69) is 22.6 Å². The van der Waals surface area contributed by atoms with Crippen molar-refractivity contribution in [2.24, 2.45) is 0 Å². The second-order valence-electron chi connectivity index (χ2n) is 3.52. The van der Waals surface area contributed by atoms with Gasteiger partial charge < -0.3 is 10.1 Å². The lowest BCUT2D eigenvalue weighted by Crippen LogP contribution is -2.32. The van der Waals surface area contributed by atoms with Crippen molar-refractivity contribution in [1.82, 2.24) is 20.3 Å². The SMILES string of the molecule is CCn1nnc2c1C(COC)CNC2.Cl. The molecule has 86 valence electrons. The van der Waals surface area contributed by atoms with Crippen LogP contribution in [0.15, 0.2) is 0 Å². The molecule has 5 nitrogen and oxygen atoms in total. The van der Waals surface area contributed by atoms with Crippen molar-refractivity contribution in [3.05, 3.63) is 11.4 Å². The quantitative estimate of drug-likeness (QED) is 0.827. The third kappa shape index (κ3) is 2.30. The van der Waals surface area contributed by atoms with Crippen molar-refractivity contribution in [3.8, 4) is 0 Å². The summed E-state index contributed by atoms with van der Waals surface area (Å²) in [5.41, 5.74) is 2.31. The summed E-state index contributed by atoms with van der Waals surface area (Å²) >= 11 is 0.